The van der Waals surface area contributed by atoms with Crippen molar-refractivity contribution in [2.75, 3.05) is 6.61 Å². The lowest BCUT2D eigenvalue weighted by Crippen LogP contribution is -2.29. The van der Waals surface area contributed by atoms with Gasteiger partial charge in [0.1, 0.15) is 0 Å². The molecule has 0 aliphatic carbocycles. The van der Waals surface area contributed by atoms with Gasteiger partial charge in [-0.25, -0.2) is 0 Å². The summed E-state index contributed by atoms with van der Waals surface area (Å²) in [4.78, 5) is 11.9. The maximum absolute atomic E-state index is 11.9. The summed E-state index contributed by atoms with van der Waals surface area (Å²) < 4.78 is 5.19. The fraction of sp³-hybridized carbons (Fsp3) is 0.944. The molecule has 0 aromatic rings. The van der Waals surface area contributed by atoms with Gasteiger partial charge in [-0.15, -0.1) is 0 Å². The zero-order valence-corrected chi connectivity index (χ0v) is 14.3. The highest BCUT2D eigenvalue weighted by molar-refractivity contribution is 5.76. The quantitative estimate of drug-likeness (QED) is 0.311. The van der Waals surface area contributed by atoms with Crippen molar-refractivity contribution < 1.29 is 9.53 Å². The second-order valence-electron chi connectivity index (χ2n) is 6.21. The van der Waals surface area contributed by atoms with Gasteiger partial charge in [0.25, 0.3) is 0 Å². The van der Waals surface area contributed by atoms with Crippen LogP contribution in [0.1, 0.15) is 98.3 Å². The normalized spacial score (nSPS) is 14.0. The Kier molecular flexibility index (Phi) is 11.9. The first-order chi connectivity index (χ1) is 9.60. The first-order valence-corrected chi connectivity index (χ1v) is 8.78. The van der Waals surface area contributed by atoms with Crippen LogP contribution >= 0.6 is 0 Å². The summed E-state index contributed by atoms with van der Waals surface area (Å²) in [6.07, 6.45) is 13.8. The highest BCUT2D eigenvalue weighted by Gasteiger charge is 2.31. The van der Waals surface area contributed by atoms with Crippen LogP contribution in [-0.4, -0.2) is 12.6 Å². The van der Waals surface area contributed by atoms with Gasteiger partial charge in [-0.2, -0.15) is 0 Å². The molecule has 120 valence electrons. The first kappa shape index (κ1) is 19.5. The number of carbonyl (C=O) groups is 1. The standard InChI is InChI=1S/C18H36O2/c1-5-8-9-10-11-12-13-14-15-16-18(4,6-2)17(19)20-7-3/h5-16H2,1-4H3. The van der Waals surface area contributed by atoms with Crippen molar-refractivity contribution in [1.29, 1.82) is 0 Å². The molecule has 0 radical (unpaired) electrons. The Hall–Kier alpha value is -0.530. The van der Waals surface area contributed by atoms with E-state index in [0.717, 1.165) is 19.3 Å². The molecular formula is C18H36O2. The average Bonchev–Trinajstić information content (AvgIpc) is 2.45. The monoisotopic (exact) mass is 284 g/mol. The van der Waals surface area contributed by atoms with Gasteiger partial charge in [-0.3, -0.25) is 4.79 Å². The Morgan fingerprint density at radius 2 is 1.35 bits per heavy atom. The van der Waals surface area contributed by atoms with Gasteiger partial charge in [-0.1, -0.05) is 71.6 Å². The van der Waals surface area contributed by atoms with E-state index in [1.54, 1.807) is 0 Å². The molecule has 0 saturated carbocycles. The topological polar surface area (TPSA) is 26.3 Å². The molecule has 0 saturated heterocycles. The average molecular weight is 284 g/mol. The highest BCUT2D eigenvalue weighted by Crippen LogP contribution is 2.30. The number of unbranched alkanes of at least 4 members (excludes halogenated alkanes) is 8. The fourth-order valence-corrected chi connectivity index (χ4v) is 2.55. The predicted molar refractivity (Wildman–Crippen MR) is 86.9 cm³/mol. The number of ether oxygens (including phenoxy) is 1. The number of hydrogen-bond donors (Lipinski definition) is 0. The molecule has 0 N–H and O–H groups in total. The second-order valence-corrected chi connectivity index (χ2v) is 6.21. The van der Waals surface area contributed by atoms with Crippen molar-refractivity contribution in [2.45, 2.75) is 98.3 Å². The molecule has 0 amide bonds. The predicted octanol–water partition coefficient (Wildman–Crippen LogP) is 5.89. The molecule has 0 heterocycles. The van der Waals surface area contributed by atoms with E-state index < -0.39 is 0 Å². The van der Waals surface area contributed by atoms with E-state index in [0.29, 0.717) is 6.61 Å². The van der Waals surface area contributed by atoms with Crippen LogP contribution in [0, 0.1) is 5.41 Å². The van der Waals surface area contributed by atoms with Gasteiger partial charge in [0.05, 0.1) is 12.0 Å². The van der Waals surface area contributed by atoms with E-state index in [2.05, 4.69) is 20.8 Å². The summed E-state index contributed by atoms with van der Waals surface area (Å²) in [7, 11) is 0. The molecule has 0 fully saturated rings. The Morgan fingerprint density at radius 3 is 1.80 bits per heavy atom. The first-order valence-electron chi connectivity index (χ1n) is 8.78. The maximum Gasteiger partial charge on any atom is 0.311 e. The molecule has 0 rings (SSSR count). The summed E-state index contributed by atoms with van der Waals surface area (Å²) in [5, 5.41) is 0. The number of carbonyl (C=O) groups excluding carboxylic acids is 1. The largest absolute Gasteiger partial charge is 0.466 e. The fourth-order valence-electron chi connectivity index (χ4n) is 2.55. The lowest BCUT2D eigenvalue weighted by Gasteiger charge is -2.25. The van der Waals surface area contributed by atoms with E-state index in [1.807, 2.05) is 6.92 Å². The van der Waals surface area contributed by atoms with Crippen LogP contribution < -0.4 is 0 Å². The summed E-state index contributed by atoms with van der Waals surface area (Å²) >= 11 is 0. The summed E-state index contributed by atoms with van der Waals surface area (Å²) in [5.74, 6) is -0.0120. The number of rotatable bonds is 13. The zero-order chi connectivity index (χ0) is 15.3. The van der Waals surface area contributed by atoms with Crippen molar-refractivity contribution >= 4 is 5.97 Å². The van der Waals surface area contributed by atoms with Gasteiger partial charge in [-0.05, 0) is 26.7 Å². The minimum Gasteiger partial charge on any atom is -0.466 e. The molecule has 0 bridgehead atoms. The Bertz CT molecular complexity index is 238. The van der Waals surface area contributed by atoms with E-state index in [-0.39, 0.29) is 11.4 Å². The van der Waals surface area contributed by atoms with Gasteiger partial charge < -0.3 is 4.74 Å². The van der Waals surface area contributed by atoms with Gasteiger partial charge >= 0.3 is 5.97 Å². The van der Waals surface area contributed by atoms with Crippen LogP contribution in [0.25, 0.3) is 0 Å². The third-order valence-electron chi connectivity index (χ3n) is 4.38. The van der Waals surface area contributed by atoms with Crippen molar-refractivity contribution in [3.8, 4) is 0 Å². The summed E-state index contributed by atoms with van der Waals surface area (Å²) in [6, 6.07) is 0. The minimum absolute atomic E-state index is 0.0120. The van der Waals surface area contributed by atoms with Gasteiger partial charge in [0, 0.05) is 0 Å². The highest BCUT2D eigenvalue weighted by atomic mass is 16.5. The van der Waals surface area contributed by atoms with Crippen LogP contribution in [-0.2, 0) is 9.53 Å². The molecule has 2 heteroatoms. The van der Waals surface area contributed by atoms with Crippen LogP contribution in [0.15, 0.2) is 0 Å². The van der Waals surface area contributed by atoms with Gasteiger partial charge in [0.2, 0.25) is 0 Å². The maximum atomic E-state index is 11.9. The minimum atomic E-state index is -0.267. The molecule has 20 heavy (non-hydrogen) atoms. The smallest absolute Gasteiger partial charge is 0.311 e. The lowest BCUT2D eigenvalue weighted by molar-refractivity contribution is -0.155. The van der Waals surface area contributed by atoms with Crippen molar-refractivity contribution in [3.63, 3.8) is 0 Å². The van der Waals surface area contributed by atoms with Crippen LogP contribution in [0.2, 0.25) is 0 Å². The third-order valence-corrected chi connectivity index (χ3v) is 4.38. The molecule has 0 spiro atoms. The van der Waals surface area contributed by atoms with Gasteiger partial charge in [0.15, 0.2) is 0 Å². The molecule has 1 unspecified atom stereocenters. The Labute approximate surface area is 126 Å². The SMILES string of the molecule is CCCCCCCCCCCC(C)(CC)C(=O)OCC. The van der Waals surface area contributed by atoms with Crippen LogP contribution in [0.4, 0.5) is 0 Å². The molecular weight excluding hydrogens is 248 g/mol. The summed E-state index contributed by atoms with van der Waals surface area (Å²) in [6.45, 7) is 8.77. The third kappa shape index (κ3) is 8.60. The van der Waals surface area contributed by atoms with E-state index in [4.69, 9.17) is 4.74 Å². The number of esters is 1. The number of hydrogen-bond acceptors (Lipinski definition) is 2. The molecule has 1 atom stereocenters. The van der Waals surface area contributed by atoms with Crippen molar-refractivity contribution in [1.82, 2.24) is 0 Å². The van der Waals surface area contributed by atoms with E-state index >= 15 is 0 Å². The molecule has 0 aromatic heterocycles. The van der Waals surface area contributed by atoms with E-state index in [1.165, 1.54) is 51.4 Å². The Balaban J connectivity index is 3.63. The van der Waals surface area contributed by atoms with Crippen molar-refractivity contribution in [2.24, 2.45) is 5.41 Å². The van der Waals surface area contributed by atoms with Crippen molar-refractivity contribution in [3.05, 3.63) is 0 Å². The van der Waals surface area contributed by atoms with Crippen LogP contribution in [0.3, 0.4) is 0 Å². The molecule has 0 aliphatic heterocycles. The second kappa shape index (κ2) is 12.2. The van der Waals surface area contributed by atoms with E-state index in [9.17, 15) is 4.79 Å². The lowest BCUT2D eigenvalue weighted by atomic mass is 9.82. The molecule has 2 nitrogen and oxygen atoms in total. The summed E-state index contributed by atoms with van der Waals surface area (Å²) in [5.41, 5.74) is -0.267. The molecule has 0 aromatic carbocycles. The Morgan fingerprint density at radius 1 is 0.850 bits per heavy atom. The van der Waals surface area contributed by atoms with Crippen LogP contribution in [0.5, 0.6) is 0 Å². The molecule has 0 aliphatic rings. The zero-order valence-electron chi connectivity index (χ0n) is 14.3.